The lowest BCUT2D eigenvalue weighted by Gasteiger charge is -2.37. The van der Waals surface area contributed by atoms with Gasteiger partial charge in [-0.05, 0) is 72.8 Å². The molecule has 2 aromatic carbocycles. The summed E-state index contributed by atoms with van der Waals surface area (Å²) in [6.45, 7) is 0.839. The molecule has 140 valence electrons. The van der Waals surface area contributed by atoms with Gasteiger partial charge in [0.15, 0.2) is 0 Å². The first-order valence-electron chi connectivity index (χ1n) is 9.25. The summed E-state index contributed by atoms with van der Waals surface area (Å²) >= 11 is 7.98. The smallest absolute Gasteiger partial charge is 0.0991 e. The molecule has 0 radical (unpaired) electrons. The van der Waals surface area contributed by atoms with Crippen molar-refractivity contribution < 1.29 is 0 Å². The number of anilines is 1. The predicted octanol–water partition coefficient (Wildman–Crippen LogP) is 5.55. The minimum Gasteiger partial charge on any atom is -0.340 e. The van der Waals surface area contributed by atoms with E-state index >= 15 is 0 Å². The third-order valence-corrected chi connectivity index (χ3v) is 5.99. The molecule has 0 bridgehead atoms. The van der Waals surface area contributed by atoms with Gasteiger partial charge in [-0.3, -0.25) is 4.72 Å². The number of nitrogens with zero attached hydrogens (tertiary/aromatic N) is 2. The Morgan fingerprint density at radius 1 is 1.18 bits per heavy atom. The maximum atomic E-state index is 9.31. The summed E-state index contributed by atoms with van der Waals surface area (Å²) in [5.41, 5.74) is 4.12. The van der Waals surface area contributed by atoms with Crippen molar-refractivity contribution in [3.63, 3.8) is 0 Å². The number of hydrogen-bond donors (Lipinski definition) is 1. The third kappa shape index (κ3) is 4.34. The largest absolute Gasteiger partial charge is 0.340 e. The summed E-state index contributed by atoms with van der Waals surface area (Å²) in [4.78, 5) is 3.49. The molecule has 1 atom stereocenters. The van der Waals surface area contributed by atoms with Gasteiger partial charge in [-0.15, -0.1) is 0 Å². The Morgan fingerprint density at radius 2 is 2.04 bits per heavy atom. The second-order valence-electron chi connectivity index (χ2n) is 6.80. The number of benzene rings is 2. The highest BCUT2D eigenvalue weighted by atomic mass is 35.5. The van der Waals surface area contributed by atoms with Crippen molar-refractivity contribution >= 4 is 29.2 Å². The Hall–Kier alpha value is -2.45. The number of nitrogens with one attached hydrogen (secondary N) is 1. The van der Waals surface area contributed by atoms with Crippen LogP contribution in [0.4, 0.5) is 5.69 Å². The standard InChI is InChI=1S/C23H20ClN3S/c24-19-6-4-5-7-21(14-19)27-16-20(26-28-22-8-2-1-3-9-22)13-18-12-17(15-25)10-11-23(18)27/h1-4,6-12,14,20,26H,5,13,16H2. The molecule has 28 heavy (non-hydrogen) atoms. The Kier molecular flexibility index (Phi) is 5.87. The minimum atomic E-state index is 0.246. The summed E-state index contributed by atoms with van der Waals surface area (Å²) in [6.07, 6.45) is 9.94. The molecule has 5 heteroatoms. The van der Waals surface area contributed by atoms with Crippen LogP contribution in [0.15, 0.2) is 88.5 Å². The minimum absolute atomic E-state index is 0.246. The molecule has 3 nitrogen and oxygen atoms in total. The maximum Gasteiger partial charge on any atom is 0.0991 e. The van der Waals surface area contributed by atoms with Gasteiger partial charge in [0.2, 0.25) is 0 Å². The van der Waals surface area contributed by atoms with Crippen molar-refractivity contribution in [1.29, 1.82) is 5.26 Å². The average molecular weight is 406 g/mol. The van der Waals surface area contributed by atoms with Crippen molar-refractivity contribution in [3.8, 4) is 6.07 Å². The van der Waals surface area contributed by atoms with Crippen molar-refractivity contribution in [2.24, 2.45) is 0 Å². The van der Waals surface area contributed by atoms with Crippen LogP contribution < -0.4 is 9.62 Å². The summed E-state index contributed by atoms with van der Waals surface area (Å²) < 4.78 is 3.61. The molecule has 4 rings (SSSR count). The van der Waals surface area contributed by atoms with E-state index in [0.717, 1.165) is 35.8 Å². The zero-order valence-corrected chi connectivity index (χ0v) is 16.9. The highest BCUT2D eigenvalue weighted by molar-refractivity contribution is 7.97. The van der Waals surface area contributed by atoms with Gasteiger partial charge in [-0.1, -0.05) is 42.0 Å². The number of allylic oxidation sites excluding steroid dienone is 5. The molecule has 0 fully saturated rings. The van der Waals surface area contributed by atoms with E-state index in [4.69, 9.17) is 11.6 Å². The molecule has 1 aliphatic heterocycles. The fourth-order valence-corrected chi connectivity index (χ4v) is 4.45. The van der Waals surface area contributed by atoms with Gasteiger partial charge in [-0.25, -0.2) is 0 Å². The first-order valence-corrected chi connectivity index (χ1v) is 10.4. The maximum absolute atomic E-state index is 9.31. The predicted molar refractivity (Wildman–Crippen MR) is 117 cm³/mol. The summed E-state index contributed by atoms with van der Waals surface area (Å²) in [5.74, 6) is 0. The Balaban J connectivity index is 1.62. The van der Waals surface area contributed by atoms with Gasteiger partial charge in [0.05, 0.1) is 11.6 Å². The highest BCUT2D eigenvalue weighted by Gasteiger charge is 2.26. The zero-order chi connectivity index (χ0) is 19.3. The Morgan fingerprint density at radius 3 is 2.86 bits per heavy atom. The van der Waals surface area contributed by atoms with Crippen LogP contribution in [-0.2, 0) is 6.42 Å². The molecule has 1 unspecified atom stereocenters. The quantitative estimate of drug-likeness (QED) is 0.676. The first-order chi connectivity index (χ1) is 13.7. The molecule has 2 aliphatic rings. The van der Waals surface area contributed by atoms with Crippen LogP contribution in [0.5, 0.6) is 0 Å². The molecule has 2 aromatic rings. The summed E-state index contributed by atoms with van der Waals surface area (Å²) in [5, 5.41) is 10.0. The van der Waals surface area contributed by atoms with Crippen molar-refractivity contribution in [2.75, 3.05) is 11.4 Å². The number of nitriles is 1. The number of rotatable bonds is 4. The van der Waals surface area contributed by atoms with E-state index in [9.17, 15) is 5.26 Å². The lowest BCUT2D eigenvalue weighted by atomic mass is 9.96. The van der Waals surface area contributed by atoms with Crippen LogP contribution in [0, 0.1) is 11.3 Å². The average Bonchev–Trinajstić information content (AvgIpc) is 2.96. The molecule has 0 amide bonds. The summed E-state index contributed by atoms with van der Waals surface area (Å²) in [7, 11) is 0. The van der Waals surface area contributed by atoms with Gasteiger partial charge in [0.1, 0.15) is 0 Å². The molecule has 0 aromatic heterocycles. The summed E-state index contributed by atoms with van der Waals surface area (Å²) in [6, 6.07) is 18.8. The molecule has 1 aliphatic carbocycles. The fourth-order valence-electron chi connectivity index (χ4n) is 3.50. The number of fused-ring (bicyclic) bond motifs is 1. The monoisotopic (exact) mass is 405 g/mol. The highest BCUT2D eigenvalue weighted by Crippen LogP contribution is 2.33. The van der Waals surface area contributed by atoms with Gasteiger partial charge in [-0.2, -0.15) is 5.26 Å². The van der Waals surface area contributed by atoms with E-state index in [-0.39, 0.29) is 6.04 Å². The van der Waals surface area contributed by atoms with Crippen LogP contribution in [-0.4, -0.2) is 12.6 Å². The molecule has 0 saturated heterocycles. The number of halogens is 1. The second kappa shape index (κ2) is 8.70. The fraction of sp³-hybridized carbons (Fsp3) is 0.174. The van der Waals surface area contributed by atoms with Crippen molar-refractivity contribution in [2.45, 2.75) is 23.8 Å². The SMILES string of the molecule is N#Cc1ccc2c(c1)CC(NSc1ccccc1)CN2C1=CCC=CC(Cl)=C1. The first kappa shape index (κ1) is 18.9. The van der Waals surface area contributed by atoms with Crippen LogP contribution in [0.2, 0.25) is 0 Å². The van der Waals surface area contributed by atoms with E-state index in [1.54, 1.807) is 11.9 Å². The van der Waals surface area contributed by atoms with Gasteiger partial charge < -0.3 is 4.90 Å². The lowest BCUT2D eigenvalue weighted by Crippen LogP contribution is -2.43. The topological polar surface area (TPSA) is 39.1 Å². The third-order valence-electron chi connectivity index (χ3n) is 4.79. The van der Waals surface area contributed by atoms with E-state index in [1.807, 2.05) is 42.5 Å². The van der Waals surface area contributed by atoms with Gasteiger partial charge in [0.25, 0.3) is 0 Å². The normalized spacial score (nSPS) is 18.6. The van der Waals surface area contributed by atoms with E-state index in [1.165, 1.54) is 10.5 Å². The van der Waals surface area contributed by atoms with Crippen LogP contribution in [0.25, 0.3) is 0 Å². The molecule has 1 heterocycles. The van der Waals surface area contributed by atoms with E-state index in [0.29, 0.717) is 5.56 Å². The van der Waals surface area contributed by atoms with Crippen molar-refractivity contribution in [1.82, 2.24) is 4.72 Å². The zero-order valence-electron chi connectivity index (χ0n) is 15.3. The Bertz CT molecular complexity index is 989. The van der Waals surface area contributed by atoms with Crippen LogP contribution in [0.1, 0.15) is 17.5 Å². The lowest BCUT2D eigenvalue weighted by molar-refractivity contribution is 0.597. The van der Waals surface area contributed by atoms with E-state index < -0.39 is 0 Å². The molecular formula is C23H20ClN3S. The van der Waals surface area contributed by atoms with E-state index in [2.05, 4.69) is 46.0 Å². The van der Waals surface area contributed by atoms with Crippen LogP contribution in [0.3, 0.4) is 0 Å². The van der Waals surface area contributed by atoms with Gasteiger partial charge >= 0.3 is 0 Å². The number of hydrogen-bond acceptors (Lipinski definition) is 4. The Labute approximate surface area is 175 Å². The van der Waals surface area contributed by atoms with Gasteiger partial charge in [0, 0.05) is 33.9 Å². The molecule has 1 N–H and O–H groups in total. The molecule has 0 saturated carbocycles. The molecule has 0 spiro atoms. The van der Waals surface area contributed by atoms with Crippen molar-refractivity contribution in [3.05, 3.63) is 94.7 Å². The van der Waals surface area contributed by atoms with Crippen LogP contribution >= 0.6 is 23.5 Å². The molecular weight excluding hydrogens is 386 g/mol. The second-order valence-corrected chi connectivity index (χ2v) is 8.14.